The maximum absolute atomic E-state index is 5.89. The Morgan fingerprint density at radius 2 is 1.91 bits per heavy atom. The molecule has 0 bridgehead atoms. The summed E-state index contributed by atoms with van der Waals surface area (Å²) in [5.41, 5.74) is 2.34. The normalized spacial score (nSPS) is 11.0. The molecule has 5 aromatic rings. The Kier molecular flexibility index (Phi) is 5.59. The zero-order valence-corrected chi connectivity index (χ0v) is 18.2. The van der Waals surface area contributed by atoms with Crippen molar-refractivity contribution in [3.8, 4) is 22.9 Å². The molecule has 3 aromatic heterocycles. The van der Waals surface area contributed by atoms with Crippen molar-refractivity contribution in [1.82, 2.24) is 25.3 Å². The van der Waals surface area contributed by atoms with Crippen molar-refractivity contribution in [2.24, 2.45) is 0 Å². The van der Waals surface area contributed by atoms with Gasteiger partial charge in [0.05, 0.1) is 12.1 Å². The zero-order chi connectivity index (χ0) is 22.6. The second-order valence-electron chi connectivity index (χ2n) is 7.34. The first-order valence-corrected chi connectivity index (χ1v) is 10.5. The maximum atomic E-state index is 5.89. The van der Waals surface area contributed by atoms with Crippen LogP contribution < -0.4 is 14.8 Å². The third-order valence-corrected chi connectivity index (χ3v) is 4.88. The van der Waals surface area contributed by atoms with Crippen molar-refractivity contribution in [1.29, 1.82) is 0 Å². The summed E-state index contributed by atoms with van der Waals surface area (Å²) in [5, 5.41) is 15.1. The molecule has 0 amide bonds. The third kappa shape index (κ3) is 4.62. The number of nitrogens with one attached hydrogen (secondary N) is 2. The second-order valence-corrected chi connectivity index (χ2v) is 7.34. The van der Waals surface area contributed by atoms with E-state index in [1.807, 2.05) is 68.4 Å². The number of benzene rings is 2. The van der Waals surface area contributed by atoms with Crippen molar-refractivity contribution < 1.29 is 14.0 Å². The van der Waals surface area contributed by atoms with Crippen molar-refractivity contribution in [3.63, 3.8) is 0 Å². The van der Waals surface area contributed by atoms with E-state index in [0.717, 1.165) is 33.7 Å². The van der Waals surface area contributed by atoms with Crippen LogP contribution in [0.5, 0.6) is 11.5 Å². The highest BCUT2D eigenvalue weighted by Gasteiger charge is 2.13. The minimum atomic E-state index is 0.311. The van der Waals surface area contributed by atoms with Crippen LogP contribution >= 0.6 is 0 Å². The molecule has 5 rings (SSSR count). The quantitative estimate of drug-likeness (QED) is 0.344. The number of aromatic nitrogens is 5. The number of hydrogen-bond donors (Lipinski definition) is 2. The molecule has 33 heavy (non-hydrogen) atoms. The number of aromatic amines is 1. The van der Waals surface area contributed by atoms with Gasteiger partial charge in [0, 0.05) is 29.3 Å². The first-order chi connectivity index (χ1) is 16.2. The van der Waals surface area contributed by atoms with Gasteiger partial charge in [0.25, 0.3) is 0 Å². The van der Waals surface area contributed by atoms with Gasteiger partial charge < -0.3 is 19.3 Å². The van der Waals surface area contributed by atoms with Crippen molar-refractivity contribution in [2.45, 2.75) is 20.5 Å². The van der Waals surface area contributed by atoms with Gasteiger partial charge in [-0.25, -0.2) is 9.97 Å². The van der Waals surface area contributed by atoms with E-state index in [0.29, 0.717) is 36.4 Å². The summed E-state index contributed by atoms with van der Waals surface area (Å²) in [6, 6.07) is 17.1. The molecule has 9 heteroatoms. The average Bonchev–Trinajstić information content (AvgIpc) is 3.50. The number of ether oxygens (including phenoxy) is 2. The number of hydrogen-bond acceptors (Lipinski definition) is 8. The lowest BCUT2D eigenvalue weighted by Gasteiger charge is -2.12. The third-order valence-electron chi connectivity index (χ3n) is 4.88. The molecule has 2 N–H and O–H groups in total. The van der Waals surface area contributed by atoms with Gasteiger partial charge >= 0.3 is 0 Å². The molecule has 3 heterocycles. The highest BCUT2D eigenvalue weighted by molar-refractivity contribution is 5.93. The van der Waals surface area contributed by atoms with E-state index in [4.69, 9.17) is 24.0 Å². The molecule has 9 nitrogen and oxygen atoms in total. The van der Waals surface area contributed by atoms with Gasteiger partial charge in [-0.3, -0.25) is 5.10 Å². The molecule has 0 unspecified atom stereocenters. The molecular weight excluding hydrogens is 420 g/mol. The monoisotopic (exact) mass is 442 g/mol. The molecule has 2 aromatic carbocycles. The Balaban J connectivity index is 1.50. The summed E-state index contributed by atoms with van der Waals surface area (Å²) in [5.74, 6) is 4.04. The molecular formula is C24H22N6O3. The number of fused-ring (bicyclic) bond motifs is 1. The fourth-order valence-corrected chi connectivity index (χ4v) is 3.41. The van der Waals surface area contributed by atoms with E-state index in [-0.39, 0.29) is 0 Å². The van der Waals surface area contributed by atoms with E-state index < -0.39 is 0 Å². The predicted molar refractivity (Wildman–Crippen MR) is 124 cm³/mol. The molecule has 0 saturated carbocycles. The minimum absolute atomic E-state index is 0.311. The van der Waals surface area contributed by atoms with Gasteiger partial charge in [-0.1, -0.05) is 17.3 Å². The Hall–Kier alpha value is -4.40. The number of H-pyrrole nitrogens is 1. The lowest BCUT2D eigenvalue weighted by Crippen LogP contribution is -2.01. The zero-order valence-electron chi connectivity index (χ0n) is 18.2. The Labute approximate surface area is 189 Å². The SMILES string of the molecule is CCOc1ccc2nc(-c3cccc(OCc4cc(C)on4)c3)nc(Nc3cc[nH]n3)c2c1. The largest absolute Gasteiger partial charge is 0.494 e. The van der Waals surface area contributed by atoms with Crippen molar-refractivity contribution >= 4 is 22.5 Å². The summed E-state index contributed by atoms with van der Waals surface area (Å²) in [4.78, 5) is 9.58. The van der Waals surface area contributed by atoms with Crippen molar-refractivity contribution in [3.05, 3.63) is 72.2 Å². The molecule has 0 aliphatic carbocycles. The lowest BCUT2D eigenvalue weighted by atomic mass is 10.1. The summed E-state index contributed by atoms with van der Waals surface area (Å²) in [6.07, 6.45) is 1.75. The van der Waals surface area contributed by atoms with Gasteiger partial charge in [0.15, 0.2) is 11.6 Å². The molecule has 0 aliphatic rings. The first-order valence-electron chi connectivity index (χ1n) is 10.5. The predicted octanol–water partition coefficient (Wildman–Crippen LogP) is 5.04. The van der Waals surface area contributed by atoms with Crippen LogP contribution in [0.15, 0.2) is 65.3 Å². The summed E-state index contributed by atoms with van der Waals surface area (Å²) in [6.45, 7) is 4.68. The molecule has 0 fully saturated rings. The Bertz CT molecular complexity index is 1380. The van der Waals surface area contributed by atoms with Gasteiger partial charge in [-0.2, -0.15) is 5.10 Å². The Morgan fingerprint density at radius 1 is 1.00 bits per heavy atom. The molecule has 0 aliphatic heterocycles. The van der Waals surface area contributed by atoms with Crippen LogP contribution in [0.3, 0.4) is 0 Å². The van der Waals surface area contributed by atoms with E-state index in [9.17, 15) is 0 Å². The summed E-state index contributed by atoms with van der Waals surface area (Å²) >= 11 is 0. The minimum Gasteiger partial charge on any atom is -0.494 e. The van der Waals surface area contributed by atoms with Crippen LogP contribution in [0, 0.1) is 6.92 Å². The molecule has 0 radical (unpaired) electrons. The number of anilines is 2. The van der Waals surface area contributed by atoms with Crippen LogP contribution in [0.1, 0.15) is 18.4 Å². The number of nitrogens with zero attached hydrogens (tertiary/aromatic N) is 4. The molecule has 0 atom stereocenters. The first kappa shape index (κ1) is 20.5. The topological polar surface area (TPSA) is 111 Å². The summed E-state index contributed by atoms with van der Waals surface area (Å²) < 4.78 is 16.6. The molecule has 0 spiro atoms. The highest BCUT2D eigenvalue weighted by Crippen LogP contribution is 2.31. The Morgan fingerprint density at radius 3 is 2.70 bits per heavy atom. The van der Waals surface area contributed by atoms with E-state index in [2.05, 4.69) is 20.7 Å². The van der Waals surface area contributed by atoms with Gasteiger partial charge in [0.1, 0.15) is 35.4 Å². The smallest absolute Gasteiger partial charge is 0.162 e. The van der Waals surface area contributed by atoms with Crippen LogP contribution in [0.25, 0.3) is 22.3 Å². The van der Waals surface area contributed by atoms with E-state index in [1.54, 1.807) is 6.20 Å². The van der Waals surface area contributed by atoms with E-state index >= 15 is 0 Å². The van der Waals surface area contributed by atoms with Crippen LogP contribution in [-0.4, -0.2) is 31.9 Å². The van der Waals surface area contributed by atoms with Gasteiger partial charge in [-0.15, -0.1) is 0 Å². The fraction of sp³-hybridized carbons (Fsp3) is 0.167. The van der Waals surface area contributed by atoms with E-state index in [1.165, 1.54) is 0 Å². The molecule has 0 saturated heterocycles. The van der Waals surface area contributed by atoms with Gasteiger partial charge in [-0.05, 0) is 44.2 Å². The van der Waals surface area contributed by atoms with Crippen LogP contribution in [-0.2, 0) is 6.61 Å². The second kappa shape index (κ2) is 8.99. The number of rotatable bonds is 8. The number of aryl methyl sites for hydroxylation is 1. The van der Waals surface area contributed by atoms with Crippen LogP contribution in [0.2, 0.25) is 0 Å². The average molecular weight is 442 g/mol. The lowest BCUT2D eigenvalue weighted by molar-refractivity contribution is 0.288. The standard InChI is InChI=1S/C24H22N6O3/c1-3-31-19-7-8-21-20(13-19)24(27-22-9-10-25-29-22)28-23(26-21)16-5-4-6-18(12-16)32-14-17-11-15(2)33-30-17/h4-13H,3,14H2,1-2H3,(H2,25,26,27,28,29). The maximum Gasteiger partial charge on any atom is 0.162 e. The molecule has 166 valence electrons. The van der Waals surface area contributed by atoms with Gasteiger partial charge in [0.2, 0.25) is 0 Å². The fourth-order valence-electron chi connectivity index (χ4n) is 3.41. The summed E-state index contributed by atoms with van der Waals surface area (Å²) in [7, 11) is 0. The van der Waals surface area contributed by atoms with Crippen LogP contribution in [0.4, 0.5) is 11.6 Å². The van der Waals surface area contributed by atoms with Crippen molar-refractivity contribution in [2.75, 3.05) is 11.9 Å². The highest BCUT2D eigenvalue weighted by atomic mass is 16.5.